The normalized spacial score (nSPS) is 10.5. The zero-order valence-corrected chi connectivity index (χ0v) is 10.1. The maximum Gasteiger partial charge on any atom is 0.123 e. The first kappa shape index (κ1) is 11.4. The number of hydrogen-bond donors (Lipinski definition) is 0. The van der Waals surface area contributed by atoms with E-state index >= 15 is 0 Å². The minimum atomic E-state index is -0.275. The summed E-state index contributed by atoms with van der Waals surface area (Å²) in [4.78, 5) is 0. The summed E-state index contributed by atoms with van der Waals surface area (Å²) in [5, 5.41) is 1.16. The summed E-state index contributed by atoms with van der Waals surface area (Å²) >= 11 is 12.3. The molecule has 0 nitrogen and oxygen atoms in total. The Morgan fingerprint density at radius 1 is 0.938 bits per heavy atom. The van der Waals surface area contributed by atoms with E-state index in [0.717, 1.165) is 16.7 Å². The van der Waals surface area contributed by atoms with E-state index in [0.29, 0.717) is 10.0 Å². The van der Waals surface area contributed by atoms with Crippen molar-refractivity contribution in [3.63, 3.8) is 0 Å². The van der Waals surface area contributed by atoms with Crippen molar-refractivity contribution >= 4 is 23.2 Å². The molecule has 0 aromatic heterocycles. The molecule has 82 valence electrons. The van der Waals surface area contributed by atoms with Crippen LogP contribution < -0.4 is 0 Å². The zero-order valence-electron chi connectivity index (χ0n) is 8.60. The molecule has 0 aliphatic heterocycles. The number of benzene rings is 2. The number of hydrogen-bond acceptors (Lipinski definition) is 0. The van der Waals surface area contributed by atoms with E-state index in [2.05, 4.69) is 0 Å². The highest BCUT2D eigenvalue weighted by Gasteiger charge is 2.09. The Hall–Kier alpha value is -1.05. The second kappa shape index (κ2) is 4.44. The second-order valence-electron chi connectivity index (χ2n) is 3.61. The van der Waals surface area contributed by atoms with Gasteiger partial charge in [-0.15, -0.1) is 0 Å². The first-order chi connectivity index (χ1) is 7.58. The molecular formula is C13H9Cl2F. The fraction of sp³-hybridized carbons (Fsp3) is 0.0769. The van der Waals surface area contributed by atoms with Crippen LogP contribution in [0.15, 0.2) is 36.4 Å². The highest BCUT2D eigenvalue weighted by molar-refractivity contribution is 6.39. The van der Waals surface area contributed by atoms with Gasteiger partial charge in [-0.1, -0.05) is 35.3 Å². The van der Waals surface area contributed by atoms with Crippen LogP contribution in [0, 0.1) is 12.7 Å². The fourth-order valence-electron chi connectivity index (χ4n) is 1.59. The quantitative estimate of drug-likeness (QED) is 0.664. The van der Waals surface area contributed by atoms with E-state index in [1.807, 2.05) is 19.1 Å². The minimum Gasteiger partial charge on any atom is -0.207 e. The molecule has 2 aromatic rings. The Labute approximate surface area is 104 Å². The van der Waals surface area contributed by atoms with Crippen LogP contribution in [-0.4, -0.2) is 0 Å². The molecule has 0 atom stereocenters. The van der Waals surface area contributed by atoms with Gasteiger partial charge in [0.25, 0.3) is 0 Å². The maximum atomic E-state index is 12.8. The third-order valence-corrected chi connectivity index (χ3v) is 2.92. The van der Waals surface area contributed by atoms with Crippen LogP contribution in [0.4, 0.5) is 4.39 Å². The van der Waals surface area contributed by atoms with Gasteiger partial charge in [-0.3, -0.25) is 0 Å². The van der Waals surface area contributed by atoms with Crippen molar-refractivity contribution in [3.05, 3.63) is 57.8 Å². The molecule has 0 saturated carbocycles. The van der Waals surface area contributed by atoms with Gasteiger partial charge >= 0.3 is 0 Å². The summed E-state index contributed by atoms with van der Waals surface area (Å²) in [6, 6.07) is 9.79. The summed E-state index contributed by atoms with van der Waals surface area (Å²) in [5.41, 5.74) is 2.56. The first-order valence-electron chi connectivity index (χ1n) is 4.79. The van der Waals surface area contributed by atoms with Crippen molar-refractivity contribution in [1.82, 2.24) is 0 Å². The third-order valence-electron chi connectivity index (χ3n) is 2.32. The first-order valence-corrected chi connectivity index (χ1v) is 5.55. The Bertz CT molecular complexity index is 495. The van der Waals surface area contributed by atoms with E-state index in [4.69, 9.17) is 23.2 Å². The molecule has 0 spiro atoms. The molecule has 3 heteroatoms. The number of rotatable bonds is 1. The van der Waals surface area contributed by atoms with Crippen molar-refractivity contribution < 1.29 is 4.39 Å². The van der Waals surface area contributed by atoms with Gasteiger partial charge in [-0.05, 0) is 42.3 Å². The average molecular weight is 255 g/mol. The Balaban J connectivity index is 2.60. The Kier molecular flexibility index (Phi) is 3.17. The van der Waals surface area contributed by atoms with Crippen molar-refractivity contribution in [2.75, 3.05) is 0 Å². The van der Waals surface area contributed by atoms with Crippen LogP contribution in [0.5, 0.6) is 0 Å². The summed E-state index contributed by atoms with van der Waals surface area (Å²) in [6.45, 7) is 1.92. The minimum absolute atomic E-state index is 0.275. The van der Waals surface area contributed by atoms with E-state index < -0.39 is 0 Å². The van der Waals surface area contributed by atoms with Crippen molar-refractivity contribution in [1.29, 1.82) is 0 Å². The lowest BCUT2D eigenvalue weighted by atomic mass is 10.0. The van der Waals surface area contributed by atoms with Crippen LogP contribution in [0.25, 0.3) is 11.1 Å². The van der Waals surface area contributed by atoms with E-state index in [1.165, 1.54) is 12.1 Å². The average Bonchev–Trinajstić information content (AvgIpc) is 2.19. The SMILES string of the molecule is Cc1cc(Cl)c(-c2ccc(F)cc2)c(Cl)c1. The highest BCUT2D eigenvalue weighted by atomic mass is 35.5. The van der Waals surface area contributed by atoms with Gasteiger partial charge < -0.3 is 0 Å². The molecule has 0 aliphatic carbocycles. The lowest BCUT2D eigenvalue weighted by molar-refractivity contribution is 0.628. The molecule has 2 aromatic carbocycles. The lowest BCUT2D eigenvalue weighted by Crippen LogP contribution is -1.84. The molecule has 0 fully saturated rings. The van der Waals surface area contributed by atoms with E-state index in [-0.39, 0.29) is 5.82 Å². The van der Waals surface area contributed by atoms with Gasteiger partial charge in [0.2, 0.25) is 0 Å². The molecule has 2 rings (SSSR count). The molecule has 0 unspecified atom stereocenters. The molecule has 0 bridgehead atoms. The van der Waals surface area contributed by atoms with E-state index in [1.54, 1.807) is 12.1 Å². The molecule has 0 amide bonds. The van der Waals surface area contributed by atoms with Crippen molar-refractivity contribution in [2.45, 2.75) is 6.92 Å². The van der Waals surface area contributed by atoms with Crippen molar-refractivity contribution in [2.24, 2.45) is 0 Å². The van der Waals surface area contributed by atoms with Crippen LogP contribution in [0.1, 0.15) is 5.56 Å². The topological polar surface area (TPSA) is 0 Å². The maximum absolute atomic E-state index is 12.8. The van der Waals surface area contributed by atoms with Gasteiger partial charge in [0.05, 0.1) is 10.0 Å². The Morgan fingerprint density at radius 2 is 1.44 bits per heavy atom. The Morgan fingerprint density at radius 3 is 1.94 bits per heavy atom. The largest absolute Gasteiger partial charge is 0.207 e. The smallest absolute Gasteiger partial charge is 0.123 e. The zero-order chi connectivity index (χ0) is 11.7. The van der Waals surface area contributed by atoms with Crippen LogP contribution in [0.3, 0.4) is 0 Å². The van der Waals surface area contributed by atoms with Gasteiger partial charge in [0, 0.05) is 5.56 Å². The van der Waals surface area contributed by atoms with Crippen LogP contribution in [0.2, 0.25) is 10.0 Å². The molecule has 0 saturated heterocycles. The summed E-state index contributed by atoms with van der Waals surface area (Å²) in [6.07, 6.45) is 0. The van der Waals surface area contributed by atoms with Crippen LogP contribution in [-0.2, 0) is 0 Å². The fourth-order valence-corrected chi connectivity index (χ4v) is 2.41. The number of aryl methyl sites for hydroxylation is 1. The molecule has 0 radical (unpaired) electrons. The lowest BCUT2D eigenvalue weighted by Gasteiger charge is -2.08. The summed E-state index contributed by atoms with van der Waals surface area (Å²) < 4.78 is 12.8. The molecule has 0 aliphatic rings. The second-order valence-corrected chi connectivity index (χ2v) is 4.42. The molecular weight excluding hydrogens is 246 g/mol. The third kappa shape index (κ3) is 2.21. The summed E-state index contributed by atoms with van der Waals surface area (Å²) in [7, 11) is 0. The van der Waals surface area contributed by atoms with Crippen molar-refractivity contribution in [3.8, 4) is 11.1 Å². The molecule has 0 N–H and O–H groups in total. The van der Waals surface area contributed by atoms with Gasteiger partial charge in [0.15, 0.2) is 0 Å². The van der Waals surface area contributed by atoms with E-state index in [9.17, 15) is 4.39 Å². The predicted octanol–water partition coefficient (Wildman–Crippen LogP) is 5.11. The molecule has 0 heterocycles. The molecule has 16 heavy (non-hydrogen) atoms. The van der Waals surface area contributed by atoms with Gasteiger partial charge in [-0.25, -0.2) is 4.39 Å². The standard InChI is InChI=1S/C13H9Cl2F/c1-8-6-11(14)13(12(15)7-8)9-2-4-10(16)5-3-9/h2-7H,1H3. The van der Waals surface area contributed by atoms with Crippen LogP contribution >= 0.6 is 23.2 Å². The summed E-state index contributed by atoms with van der Waals surface area (Å²) in [5.74, 6) is -0.275. The number of halogens is 3. The van der Waals surface area contributed by atoms with Gasteiger partial charge in [0.1, 0.15) is 5.82 Å². The van der Waals surface area contributed by atoms with Gasteiger partial charge in [-0.2, -0.15) is 0 Å². The highest BCUT2D eigenvalue weighted by Crippen LogP contribution is 2.35. The predicted molar refractivity (Wildman–Crippen MR) is 66.6 cm³/mol. The monoisotopic (exact) mass is 254 g/mol.